The maximum atomic E-state index is 11.8. The Morgan fingerprint density at radius 1 is 1.53 bits per heavy atom. The highest BCUT2D eigenvalue weighted by molar-refractivity contribution is 5.78. The van der Waals surface area contributed by atoms with Crippen LogP contribution < -0.4 is 5.32 Å². The minimum absolute atomic E-state index is 0.00102. The van der Waals surface area contributed by atoms with Crippen molar-refractivity contribution in [3.05, 3.63) is 11.9 Å². The van der Waals surface area contributed by atoms with Crippen LogP contribution in [0.3, 0.4) is 0 Å². The van der Waals surface area contributed by atoms with Gasteiger partial charge in [-0.1, -0.05) is 12.1 Å². The maximum Gasteiger partial charge on any atom is 0.223 e. The van der Waals surface area contributed by atoms with Crippen molar-refractivity contribution in [2.75, 3.05) is 6.61 Å². The third-order valence-corrected chi connectivity index (χ3v) is 2.95. The zero-order valence-electron chi connectivity index (χ0n) is 10.2. The molecule has 2 rings (SSSR count). The number of aryl methyl sites for hydroxylation is 1. The van der Waals surface area contributed by atoms with Crippen molar-refractivity contribution in [2.24, 2.45) is 5.92 Å². The van der Waals surface area contributed by atoms with Crippen LogP contribution in [-0.2, 0) is 22.7 Å². The molecule has 0 saturated carbocycles. The van der Waals surface area contributed by atoms with Crippen molar-refractivity contribution in [3.63, 3.8) is 0 Å². The molecule has 2 heterocycles. The Morgan fingerprint density at radius 3 is 3.18 bits per heavy atom. The van der Waals surface area contributed by atoms with E-state index in [1.807, 2.05) is 13.8 Å². The molecular formula is C11H18N4O2. The van der Waals surface area contributed by atoms with Crippen molar-refractivity contribution in [1.82, 2.24) is 20.3 Å². The van der Waals surface area contributed by atoms with E-state index in [2.05, 4.69) is 15.6 Å². The molecule has 1 aromatic rings. The molecule has 1 aromatic heterocycles. The van der Waals surface area contributed by atoms with Gasteiger partial charge in [-0.25, -0.2) is 4.68 Å². The first-order valence-electron chi connectivity index (χ1n) is 5.92. The van der Waals surface area contributed by atoms with Gasteiger partial charge in [0.05, 0.1) is 18.5 Å². The highest BCUT2D eigenvalue weighted by Crippen LogP contribution is 2.10. The molecule has 0 unspecified atom stereocenters. The first-order chi connectivity index (χ1) is 8.16. The number of rotatable bonds is 0. The van der Waals surface area contributed by atoms with E-state index in [9.17, 15) is 4.79 Å². The van der Waals surface area contributed by atoms with Crippen molar-refractivity contribution in [1.29, 1.82) is 0 Å². The number of fused-ring (bicyclic) bond motifs is 1. The van der Waals surface area contributed by atoms with Crippen molar-refractivity contribution >= 4 is 5.91 Å². The molecule has 0 saturated heterocycles. The molecule has 1 aliphatic rings. The Kier molecular flexibility index (Phi) is 3.73. The summed E-state index contributed by atoms with van der Waals surface area (Å²) in [5.74, 6) is 0.0842. The number of hydrogen-bond donors (Lipinski definition) is 1. The van der Waals surface area contributed by atoms with Gasteiger partial charge in [0.1, 0.15) is 6.73 Å². The van der Waals surface area contributed by atoms with E-state index in [-0.39, 0.29) is 17.9 Å². The van der Waals surface area contributed by atoms with E-state index in [1.54, 1.807) is 10.9 Å². The second-order valence-corrected chi connectivity index (χ2v) is 4.57. The van der Waals surface area contributed by atoms with Crippen LogP contribution >= 0.6 is 0 Å². The first-order valence-corrected chi connectivity index (χ1v) is 5.92. The summed E-state index contributed by atoms with van der Waals surface area (Å²) in [6.45, 7) is 4.75. The predicted molar refractivity (Wildman–Crippen MR) is 61.1 cm³/mol. The number of nitrogens with zero attached hydrogens (tertiary/aromatic N) is 3. The van der Waals surface area contributed by atoms with Gasteiger partial charge in [-0.15, -0.1) is 5.10 Å². The number of carbonyl (C=O) groups is 1. The fraction of sp³-hybridized carbons (Fsp3) is 0.727. The second kappa shape index (κ2) is 5.27. The normalized spacial score (nSPS) is 26.8. The molecule has 1 amide bonds. The Labute approximate surface area is 100 Å². The molecule has 2 atom stereocenters. The molecule has 1 aliphatic heterocycles. The molecule has 6 nitrogen and oxygen atoms in total. The van der Waals surface area contributed by atoms with Gasteiger partial charge in [0.2, 0.25) is 5.91 Å². The number of hydrogen-bond acceptors (Lipinski definition) is 4. The molecule has 17 heavy (non-hydrogen) atoms. The van der Waals surface area contributed by atoms with E-state index in [0.717, 1.165) is 18.5 Å². The summed E-state index contributed by atoms with van der Waals surface area (Å²) in [5.41, 5.74) is 1.01. The number of nitrogens with one attached hydrogen (secondary N) is 1. The third-order valence-electron chi connectivity index (χ3n) is 2.95. The van der Waals surface area contributed by atoms with Gasteiger partial charge in [-0.05, 0) is 19.8 Å². The molecule has 6 heteroatoms. The number of amides is 1. The Bertz CT molecular complexity index is 391. The van der Waals surface area contributed by atoms with E-state index >= 15 is 0 Å². The van der Waals surface area contributed by atoms with Crippen LogP contribution in [0.15, 0.2) is 6.20 Å². The number of carbonyl (C=O) groups excluding carboxylic acids is 1. The predicted octanol–water partition coefficient (Wildman–Crippen LogP) is 0.339. The molecule has 0 spiro atoms. The van der Waals surface area contributed by atoms with Crippen LogP contribution in [0.25, 0.3) is 0 Å². The van der Waals surface area contributed by atoms with Crippen LogP contribution in [-0.4, -0.2) is 33.5 Å². The molecule has 1 N–H and O–H groups in total. The Hall–Kier alpha value is -1.43. The van der Waals surface area contributed by atoms with Gasteiger partial charge in [0.25, 0.3) is 0 Å². The van der Waals surface area contributed by atoms with Crippen molar-refractivity contribution < 1.29 is 9.53 Å². The lowest BCUT2D eigenvalue weighted by atomic mass is 10.0. The highest BCUT2D eigenvalue weighted by atomic mass is 16.5. The molecule has 0 bridgehead atoms. The van der Waals surface area contributed by atoms with Crippen LogP contribution in [0.4, 0.5) is 0 Å². The van der Waals surface area contributed by atoms with E-state index in [0.29, 0.717) is 13.3 Å². The molecule has 94 valence electrons. The van der Waals surface area contributed by atoms with Gasteiger partial charge in [-0.3, -0.25) is 4.79 Å². The highest BCUT2D eigenvalue weighted by Gasteiger charge is 2.17. The summed E-state index contributed by atoms with van der Waals surface area (Å²) in [6.07, 6.45) is 3.32. The van der Waals surface area contributed by atoms with Crippen molar-refractivity contribution in [3.8, 4) is 0 Å². The first kappa shape index (κ1) is 12.0. The fourth-order valence-electron chi connectivity index (χ4n) is 1.82. The Morgan fingerprint density at radius 2 is 2.35 bits per heavy atom. The topological polar surface area (TPSA) is 69.0 Å². The molecule has 0 aliphatic carbocycles. The summed E-state index contributed by atoms with van der Waals surface area (Å²) in [5, 5.41) is 10.8. The lowest BCUT2D eigenvalue weighted by molar-refractivity contribution is -0.125. The van der Waals surface area contributed by atoms with Gasteiger partial charge in [0.15, 0.2) is 0 Å². The van der Waals surface area contributed by atoms with Crippen LogP contribution in [0.2, 0.25) is 0 Å². The molecule has 0 aromatic carbocycles. The van der Waals surface area contributed by atoms with E-state index in [4.69, 9.17) is 4.74 Å². The van der Waals surface area contributed by atoms with Crippen LogP contribution in [0.1, 0.15) is 26.0 Å². The van der Waals surface area contributed by atoms with Gasteiger partial charge < -0.3 is 10.1 Å². The zero-order valence-corrected chi connectivity index (χ0v) is 10.2. The minimum atomic E-state index is -0.00102. The van der Waals surface area contributed by atoms with Gasteiger partial charge >= 0.3 is 0 Å². The smallest absolute Gasteiger partial charge is 0.223 e. The number of ether oxygens (including phenoxy) is 1. The third kappa shape index (κ3) is 3.03. The van der Waals surface area contributed by atoms with Crippen LogP contribution in [0.5, 0.6) is 0 Å². The lowest BCUT2D eigenvalue weighted by Crippen LogP contribution is -2.39. The van der Waals surface area contributed by atoms with E-state index in [1.165, 1.54) is 0 Å². The summed E-state index contributed by atoms with van der Waals surface area (Å²) in [4.78, 5) is 11.8. The second-order valence-electron chi connectivity index (χ2n) is 4.57. The molecular weight excluding hydrogens is 220 g/mol. The summed E-state index contributed by atoms with van der Waals surface area (Å²) >= 11 is 0. The summed E-state index contributed by atoms with van der Waals surface area (Å²) in [6, 6.07) is 0.0232. The average molecular weight is 238 g/mol. The molecule has 0 fully saturated rings. The maximum absolute atomic E-state index is 11.8. The van der Waals surface area contributed by atoms with Crippen LogP contribution in [0, 0.1) is 5.92 Å². The zero-order chi connectivity index (χ0) is 12.3. The van der Waals surface area contributed by atoms with Gasteiger partial charge in [0, 0.05) is 12.0 Å². The average Bonchev–Trinajstić information content (AvgIpc) is 2.72. The minimum Gasteiger partial charge on any atom is -0.357 e. The monoisotopic (exact) mass is 238 g/mol. The largest absolute Gasteiger partial charge is 0.357 e. The fourth-order valence-corrected chi connectivity index (χ4v) is 1.82. The summed E-state index contributed by atoms with van der Waals surface area (Å²) in [7, 11) is 0. The Balaban J connectivity index is 2.10. The standard InChI is InChI=1S/C11H18N4O2/c1-8-3-4-10-5-12-14-15(10)7-17-6-9(2)13-11(8)16/h5,8-9H,3-4,6-7H2,1-2H3,(H,13,16)/t8-,9-/m0/s1. The van der Waals surface area contributed by atoms with Gasteiger partial charge in [-0.2, -0.15) is 0 Å². The summed E-state index contributed by atoms with van der Waals surface area (Å²) < 4.78 is 7.24. The number of aromatic nitrogens is 3. The van der Waals surface area contributed by atoms with Crippen molar-refractivity contribution in [2.45, 2.75) is 39.5 Å². The SMILES string of the molecule is C[C@H]1COCn2nncc2CC[C@H](C)C(=O)N1. The molecule has 0 radical (unpaired) electrons. The lowest BCUT2D eigenvalue weighted by Gasteiger charge is -2.16. The quantitative estimate of drug-likeness (QED) is 0.707. The van der Waals surface area contributed by atoms with E-state index < -0.39 is 0 Å².